The van der Waals surface area contributed by atoms with Gasteiger partial charge in [-0.15, -0.1) is 0 Å². The predicted molar refractivity (Wildman–Crippen MR) is 94.0 cm³/mol. The van der Waals surface area contributed by atoms with Crippen LogP contribution in [0.1, 0.15) is 90.4 Å². The Hall–Kier alpha value is 0.439. The summed E-state index contributed by atoms with van der Waals surface area (Å²) in [5.74, 6) is 0. The van der Waals surface area contributed by atoms with Crippen molar-refractivity contribution in [3.05, 3.63) is 0 Å². The van der Waals surface area contributed by atoms with E-state index in [1.54, 1.807) is 0 Å². The van der Waals surface area contributed by atoms with Gasteiger partial charge >= 0.3 is 119 Å². The Bertz CT molecular complexity index is 237. The van der Waals surface area contributed by atoms with Crippen LogP contribution in [0.15, 0.2) is 0 Å². The second-order valence-electron chi connectivity index (χ2n) is 6.70. The number of unbranched alkanes of at least 4 members (excludes halogenated alkanes) is 11. The van der Waals surface area contributed by atoms with Crippen molar-refractivity contribution in [3.63, 3.8) is 0 Å². The summed E-state index contributed by atoms with van der Waals surface area (Å²) in [6.45, 7) is 2.28. The molecule has 1 heterocycles. The molecule has 21 heavy (non-hydrogen) atoms. The number of nitrogens with two attached hydrogens (primary N) is 1. The van der Waals surface area contributed by atoms with E-state index in [9.17, 15) is 5.11 Å². The fourth-order valence-corrected chi connectivity index (χ4v) is 6.08. The van der Waals surface area contributed by atoms with Crippen molar-refractivity contribution < 1.29 is 5.11 Å². The van der Waals surface area contributed by atoms with Gasteiger partial charge in [-0.2, -0.15) is 0 Å². The molecule has 126 valence electrons. The van der Waals surface area contributed by atoms with Crippen molar-refractivity contribution in [1.82, 2.24) is 0 Å². The fourth-order valence-electron chi connectivity index (χ4n) is 3.15. The second-order valence-corrected chi connectivity index (χ2v) is 9.37. The fraction of sp³-hybridized carbons (Fsp3) is 1.00. The molecule has 0 aromatic carbocycles. The zero-order valence-electron chi connectivity index (χ0n) is 14.1. The molecular weight excluding hydrogens is 325 g/mol. The van der Waals surface area contributed by atoms with Crippen LogP contribution in [0, 0.1) is 0 Å². The van der Waals surface area contributed by atoms with E-state index >= 15 is 0 Å². The summed E-state index contributed by atoms with van der Waals surface area (Å²) in [5.41, 5.74) is 5.87. The van der Waals surface area contributed by atoms with Crippen LogP contribution in [-0.2, 0) is 0 Å². The molecule has 1 saturated heterocycles. The van der Waals surface area contributed by atoms with Crippen molar-refractivity contribution in [2.75, 3.05) is 0 Å². The van der Waals surface area contributed by atoms with Gasteiger partial charge in [-0.05, 0) is 0 Å². The standard InChI is InChI=1S/C18H37NOSe/c1-2-3-4-5-6-7-8-9-10-11-12-13-14-17-18(20)16(19)15-21-17/h16-18,20H,2-15,19H2,1H3/t16-,17-,18-/m0/s1. The summed E-state index contributed by atoms with van der Waals surface area (Å²) < 4.78 is 0. The first-order valence-corrected chi connectivity index (χ1v) is 11.5. The van der Waals surface area contributed by atoms with Crippen molar-refractivity contribution in [1.29, 1.82) is 0 Å². The Morgan fingerprint density at radius 1 is 0.857 bits per heavy atom. The van der Waals surface area contributed by atoms with Crippen LogP contribution in [0.2, 0.25) is 10.1 Å². The van der Waals surface area contributed by atoms with E-state index in [1.807, 2.05) is 0 Å². The van der Waals surface area contributed by atoms with Crippen LogP contribution in [0.3, 0.4) is 0 Å². The molecule has 3 atom stereocenters. The summed E-state index contributed by atoms with van der Waals surface area (Å²) in [7, 11) is 0. The summed E-state index contributed by atoms with van der Waals surface area (Å²) in [6.07, 6.45) is 17.9. The second kappa shape index (κ2) is 12.9. The zero-order valence-corrected chi connectivity index (χ0v) is 15.8. The van der Waals surface area contributed by atoms with Gasteiger partial charge in [0.1, 0.15) is 0 Å². The third-order valence-electron chi connectivity index (χ3n) is 4.66. The molecule has 0 aromatic rings. The Morgan fingerprint density at radius 3 is 1.76 bits per heavy atom. The molecule has 0 spiro atoms. The van der Waals surface area contributed by atoms with Crippen LogP contribution < -0.4 is 5.73 Å². The van der Waals surface area contributed by atoms with E-state index in [1.165, 1.54) is 83.5 Å². The Labute approximate surface area is 138 Å². The summed E-state index contributed by atoms with van der Waals surface area (Å²) in [6, 6.07) is 0.0762. The van der Waals surface area contributed by atoms with E-state index < -0.39 is 0 Å². The molecule has 1 aliphatic heterocycles. The van der Waals surface area contributed by atoms with Crippen LogP contribution in [0.4, 0.5) is 0 Å². The van der Waals surface area contributed by atoms with Gasteiger partial charge < -0.3 is 0 Å². The van der Waals surface area contributed by atoms with E-state index in [2.05, 4.69) is 6.92 Å². The Balaban J connectivity index is 1.77. The summed E-state index contributed by atoms with van der Waals surface area (Å²) >= 11 is 0.594. The molecule has 2 nitrogen and oxygen atoms in total. The predicted octanol–water partition coefficient (Wildman–Crippen LogP) is 4.69. The van der Waals surface area contributed by atoms with Crippen LogP contribution in [-0.4, -0.2) is 32.2 Å². The normalized spacial score (nSPS) is 25.6. The minimum atomic E-state index is -0.197. The van der Waals surface area contributed by atoms with Gasteiger partial charge in [0.25, 0.3) is 0 Å². The first-order valence-electron chi connectivity index (χ1n) is 9.31. The zero-order chi connectivity index (χ0) is 15.3. The minimum absolute atomic E-state index is 0.0762. The molecule has 0 bridgehead atoms. The SMILES string of the molecule is CCCCCCCCCCCCCC[C@@H]1[Se]C[C@H](N)[C@@H]1O. The number of hydrogen-bond donors (Lipinski definition) is 2. The molecule has 0 aliphatic carbocycles. The molecule has 0 aromatic heterocycles. The van der Waals surface area contributed by atoms with Gasteiger partial charge in [-0.3, -0.25) is 0 Å². The van der Waals surface area contributed by atoms with Crippen molar-refractivity contribution >= 4 is 15.0 Å². The van der Waals surface area contributed by atoms with E-state index in [0.29, 0.717) is 19.8 Å². The van der Waals surface area contributed by atoms with Gasteiger partial charge in [0.05, 0.1) is 0 Å². The van der Waals surface area contributed by atoms with Crippen molar-refractivity contribution in [3.8, 4) is 0 Å². The van der Waals surface area contributed by atoms with Gasteiger partial charge in [0.15, 0.2) is 0 Å². The van der Waals surface area contributed by atoms with E-state index in [4.69, 9.17) is 5.73 Å². The van der Waals surface area contributed by atoms with E-state index in [-0.39, 0.29) is 12.1 Å². The molecule has 3 N–H and O–H groups in total. The van der Waals surface area contributed by atoms with Crippen molar-refractivity contribution in [2.45, 2.75) is 113 Å². The van der Waals surface area contributed by atoms with Crippen LogP contribution in [0.25, 0.3) is 0 Å². The van der Waals surface area contributed by atoms with Crippen LogP contribution >= 0.6 is 0 Å². The quantitative estimate of drug-likeness (QED) is 0.369. The van der Waals surface area contributed by atoms with Crippen LogP contribution in [0.5, 0.6) is 0 Å². The molecule has 0 saturated carbocycles. The number of hydrogen-bond acceptors (Lipinski definition) is 2. The maximum absolute atomic E-state index is 9.93. The molecule has 1 aliphatic rings. The summed E-state index contributed by atoms with van der Waals surface area (Å²) in [4.78, 5) is 0.552. The van der Waals surface area contributed by atoms with Crippen molar-refractivity contribution in [2.24, 2.45) is 5.73 Å². The van der Waals surface area contributed by atoms with Gasteiger partial charge in [0, 0.05) is 0 Å². The van der Waals surface area contributed by atoms with Gasteiger partial charge in [0.2, 0.25) is 0 Å². The van der Waals surface area contributed by atoms with Gasteiger partial charge in [-0.25, -0.2) is 0 Å². The number of rotatable bonds is 13. The first-order chi connectivity index (χ1) is 10.3. The van der Waals surface area contributed by atoms with E-state index in [0.717, 1.165) is 5.32 Å². The van der Waals surface area contributed by atoms with Gasteiger partial charge in [-0.1, -0.05) is 19.8 Å². The monoisotopic (exact) mass is 363 g/mol. The first kappa shape index (κ1) is 19.5. The Morgan fingerprint density at radius 2 is 1.33 bits per heavy atom. The Kier molecular flexibility index (Phi) is 12.0. The molecule has 0 radical (unpaired) electrons. The molecule has 3 heteroatoms. The third-order valence-corrected chi connectivity index (χ3v) is 7.85. The molecule has 1 fully saturated rings. The molecule has 0 unspecified atom stereocenters. The maximum atomic E-state index is 9.93. The summed E-state index contributed by atoms with van der Waals surface area (Å²) in [5, 5.41) is 11.0. The molecule has 0 amide bonds. The average Bonchev–Trinajstić information content (AvgIpc) is 2.80. The topological polar surface area (TPSA) is 46.2 Å². The average molecular weight is 362 g/mol. The third kappa shape index (κ3) is 9.23. The number of aliphatic hydroxyl groups is 1. The molecular formula is C18H37NOSe. The molecule has 1 rings (SSSR count). The number of aliphatic hydroxyl groups excluding tert-OH is 1.